The van der Waals surface area contributed by atoms with Crippen molar-refractivity contribution in [3.05, 3.63) is 0 Å². The van der Waals surface area contributed by atoms with Gasteiger partial charge in [0.1, 0.15) is 0 Å². The molecular weight excluding hydrogens is 236 g/mol. The average molecular weight is 254 g/mol. The number of nitrogens with one attached hydrogen (secondary N) is 2. The summed E-state index contributed by atoms with van der Waals surface area (Å²) in [6.07, 6.45) is -1.20. The molecule has 0 aliphatic carbocycles. The maximum Gasteiger partial charge on any atom is 0.334 e. The highest BCUT2D eigenvalue weighted by molar-refractivity contribution is 7.87. The molecule has 0 aliphatic rings. The molecule has 0 heterocycles. The van der Waals surface area contributed by atoms with Crippen LogP contribution in [-0.2, 0) is 19.7 Å². The zero-order chi connectivity index (χ0) is 13.0. The van der Waals surface area contributed by atoms with E-state index in [1.165, 1.54) is 7.11 Å². The monoisotopic (exact) mass is 254 g/mol. The Bertz CT molecular complexity index is 333. The lowest BCUT2D eigenvalue weighted by Gasteiger charge is -2.21. The molecule has 0 aromatic carbocycles. The first-order chi connectivity index (χ1) is 7.07. The van der Waals surface area contributed by atoms with Gasteiger partial charge in [-0.3, -0.25) is 0 Å². The molecule has 0 saturated heterocycles. The van der Waals surface area contributed by atoms with E-state index in [0.717, 1.165) is 0 Å². The van der Waals surface area contributed by atoms with Crippen molar-refractivity contribution in [2.75, 3.05) is 13.7 Å². The number of methoxy groups -OCH3 is 1. The van der Waals surface area contributed by atoms with Crippen molar-refractivity contribution >= 4 is 16.2 Å². The van der Waals surface area contributed by atoms with Crippen molar-refractivity contribution in [2.45, 2.75) is 32.4 Å². The van der Waals surface area contributed by atoms with Crippen molar-refractivity contribution in [1.82, 2.24) is 9.44 Å². The first-order valence-electron chi connectivity index (χ1n) is 4.61. The normalized spacial score (nSPS) is 14.8. The number of ether oxygens (including phenoxy) is 1. The van der Waals surface area contributed by atoms with Crippen molar-refractivity contribution in [3.8, 4) is 0 Å². The Labute approximate surface area is 95.4 Å². The molecule has 1 atom stereocenters. The molecule has 0 rings (SSSR count). The van der Waals surface area contributed by atoms with Gasteiger partial charge in [0.2, 0.25) is 0 Å². The molecule has 0 bridgehead atoms. The minimum atomic E-state index is -3.72. The van der Waals surface area contributed by atoms with Crippen LogP contribution in [0, 0.1) is 0 Å². The van der Waals surface area contributed by atoms with Crippen molar-refractivity contribution in [3.63, 3.8) is 0 Å². The maximum atomic E-state index is 11.4. The van der Waals surface area contributed by atoms with Gasteiger partial charge in [-0.05, 0) is 20.8 Å². The van der Waals surface area contributed by atoms with E-state index in [9.17, 15) is 13.2 Å². The van der Waals surface area contributed by atoms with Gasteiger partial charge in [-0.15, -0.1) is 0 Å². The first-order valence-corrected chi connectivity index (χ1v) is 6.10. The Morgan fingerprint density at radius 2 is 1.94 bits per heavy atom. The van der Waals surface area contributed by atoms with Gasteiger partial charge in [-0.25, -0.2) is 4.79 Å². The SMILES string of the molecule is COC(CNS(=O)(=O)NC(C)(C)C)C(=O)O. The Kier molecular flexibility index (Phi) is 5.33. The van der Waals surface area contributed by atoms with Gasteiger partial charge in [0, 0.05) is 19.2 Å². The highest BCUT2D eigenvalue weighted by Crippen LogP contribution is 2.00. The molecule has 0 aliphatic heterocycles. The minimum absolute atomic E-state index is 0.322. The molecule has 0 radical (unpaired) electrons. The first kappa shape index (κ1) is 15.3. The number of carbonyl (C=O) groups is 1. The molecular formula is C8H18N2O5S. The third-order valence-corrected chi connectivity index (χ3v) is 2.89. The fourth-order valence-corrected chi connectivity index (χ4v) is 2.15. The summed E-state index contributed by atoms with van der Waals surface area (Å²) in [4.78, 5) is 10.6. The molecule has 0 aromatic heterocycles. The summed E-state index contributed by atoms with van der Waals surface area (Å²) in [6, 6.07) is 0. The molecule has 0 spiro atoms. The molecule has 0 fully saturated rings. The van der Waals surface area contributed by atoms with Gasteiger partial charge in [0.15, 0.2) is 6.10 Å². The van der Waals surface area contributed by atoms with Crippen LogP contribution in [0.1, 0.15) is 20.8 Å². The Morgan fingerprint density at radius 1 is 1.44 bits per heavy atom. The second-order valence-electron chi connectivity index (χ2n) is 4.27. The smallest absolute Gasteiger partial charge is 0.334 e. The number of hydrogen-bond donors (Lipinski definition) is 3. The maximum absolute atomic E-state index is 11.4. The van der Waals surface area contributed by atoms with Crippen LogP contribution in [0.25, 0.3) is 0 Å². The summed E-state index contributed by atoms with van der Waals surface area (Å²) < 4.78 is 31.8. The van der Waals surface area contributed by atoms with E-state index in [1.54, 1.807) is 20.8 Å². The molecule has 16 heavy (non-hydrogen) atoms. The van der Waals surface area contributed by atoms with Gasteiger partial charge in [0.05, 0.1) is 0 Å². The Hall–Kier alpha value is -0.700. The predicted octanol–water partition coefficient (Wildman–Crippen LogP) is -0.691. The van der Waals surface area contributed by atoms with Crippen LogP contribution in [0.3, 0.4) is 0 Å². The van der Waals surface area contributed by atoms with Gasteiger partial charge in [-0.2, -0.15) is 17.9 Å². The van der Waals surface area contributed by atoms with E-state index in [-0.39, 0.29) is 6.54 Å². The highest BCUT2D eigenvalue weighted by atomic mass is 32.2. The van der Waals surface area contributed by atoms with Crippen molar-refractivity contribution in [1.29, 1.82) is 0 Å². The zero-order valence-corrected chi connectivity index (χ0v) is 10.6. The molecule has 0 saturated carbocycles. The molecule has 0 aromatic rings. The lowest BCUT2D eigenvalue weighted by molar-refractivity contribution is -0.147. The lowest BCUT2D eigenvalue weighted by atomic mass is 10.1. The van der Waals surface area contributed by atoms with E-state index >= 15 is 0 Å². The number of hydrogen-bond acceptors (Lipinski definition) is 4. The van der Waals surface area contributed by atoms with E-state index in [1.807, 2.05) is 0 Å². The fourth-order valence-electron chi connectivity index (χ4n) is 0.896. The van der Waals surface area contributed by atoms with Crippen LogP contribution in [0.4, 0.5) is 0 Å². The summed E-state index contributed by atoms with van der Waals surface area (Å²) in [5.41, 5.74) is -0.627. The van der Waals surface area contributed by atoms with Crippen LogP contribution in [0.15, 0.2) is 0 Å². The number of aliphatic carboxylic acids is 1. The quantitative estimate of drug-likeness (QED) is 0.582. The average Bonchev–Trinajstić information content (AvgIpc) is 1.99. The molecule has 1 unspecified atom stereocenters. The number of carboxylic acid groups (broad SMARTS) is 1. The Morgan fingerprint density at radius 3 is 2.25 bits per heavy atom. The summed E-state index contributed by atoms with van der Waals surface area (Å²) in [7, 11) is -2.52. The van der Waals surface area contributed by atoms with Gasteiger partial charge >= 0.3 is 5.97 Å². The van der Waals surface area contributed by atoms with Crippen LogP contribution in [0.5, 0.6) is 0 Å². The van der Waals surface area contributed by atoms with Crippen molar-refractivity contribution in [2.24, 2.45) is 0 Å². The largest absolute Gasteiger partial charge is 0.479 e. The number of rotatable bonds is 6. The second kappa shape index (κ2) is 5.58. The van der Waals surface area contributed by atoms with E-state index in [4.69, 9.17) is 5.11 Å². The van der Waals surface area contributed by atoms with Crippen LogP contribution in [0.2, 0.25) is 0 Å². The summed E-state index contributed by atoms with van der Waals surface area (Å²) in [5, 5.41) is 8.62. The predicted molar refractivity (Wildman–Crippen MR) is 58.2 cm³/mol. The molecule has 0 amide bonds. The van der Waals surface area contributed by atoms with E-state index in [0.29, 0.717) is 0 Å². The molecule has 3 N–H and O–H groups in total. The van der Waals surface area contributed by atoms with E-state index < -0.39 is 27.8 Å². The van der Waals surface area contributed by atoms with Crippen molar-refractivity contribution < 1.29 is 23.1 Å². The molecule has 96 valence electrons. The van der Waals surface area contributed by atoms with Gasteiger partial charge in [0.25, 0.3) is 10.2 Å². The summed E-state index contributed by atoms with van der Waals surface area (Å²) >= 11 is 0. The van der Waals surface area contributed by atoms with Crippen LogP contribution >= 0.6 is 0 Å². The van der Waals surface area contributed by atoms with Crippen LogP contribution < -0.4 is 9.44 Å². The lowest BCUT2D eigenvalue weighted by Crippen LogP contribution is -2.49. The van der Waals surface area contributed by atoms with Crippen LogP contribution in [-0.4, -0.2) is 44.8 Å². The van der Waals surface area contributed by atoms with Gasteiger partial charge < -0.3 is 9.84 Å². The summed E-state index contributed by atoms with van der Waals surface area (Å²) in [6.45, 7) is 4.71. The third-order valence-electron chi connectivity index (χ3n) is 1.46. The zero-order valence-electron chi connectivity index (χ0n) is 9.77. The molecule has 8 heteroatoms. The van der Waals surface area contributed by atoms with Gasteiger partial charge in [-0.1, -0.05) is 0 Å². The third kappa shape index (κ3) is 6.72. The highest BCUT2D eigenvalue weighted by Gasteiger charge is 2.23. The number of carboxylic acids is 1. The Balaban J connectivity index is 4.34. The summed E-state index contributed by atoms with van der Waals surface area (Å²) in [5.74, 6) is -1.22. The fraction of sp³-hybridized carbons (Fsp3) is 0.875. The second-order valence-corrected chi connectivity index (χ2v) is 5.77. The molecule has 7 nitrogen and oxygen atoms in total. The topological polar surface area (TPSA) is 105 Å². The standard InChI is InChI=1S/C8H18N2O5S/c1-8(2,3)10-16(13,14)9-5-6(15-4)7(11)12/h6,9-10H,5H2,1-4H3,(H,11,12). The minimum Gasteiger partial charge on any atom is -0.479 e. The van der Waals surface area contributed by atoms with E-state index in [2.05, 4.69) is 14.2 Å².